The molecule has 1 aromatic rings. The number of nitrogens with zero attached hydrogens (tertiary/aromatic N) is 1. The molecule has 1 heterocycles. The number of halogens is 1. The van der Waals surface area contributed by atoms with Gasteiger partial charge in [-0.15, -0.1) is 11.3 Å². The van der Waals surface area contributed by atoms with Crippen LogP contribution in [0.2, 0.25) is 0 Å². The lowest BCUT2D eigenvalue weighted by molar-refractivity contribution is 0.143. The predicted octanol–water partition coefficient (Wildman–Crippen LogP) is 2.56. The van der Waals surface area contributed by atoms with Crippen LogP contribution in [0.25, 0.3) is 0 Å². The van der Waals surface area contributed by atoms with Gasteiger partial charge in [-0.1, -0.05) is 6.92 Å². The molecule has 0 aliphatic carbocycles. The minimum absolute atomic E-state index is 0.177. The van der Waals surface area contributed by atoms with Crippen LogP contribution in [0.3, 0.4) is 0 Å². The standard InChI is InChI=1S/C10H16BrNO3S2/c1-4-12(8(2)7-15-3)17(13,14)10-9(11)5-6-16-10/h5-6,8H,4,7H2,1-3H3. The molecule has 1 aromatic heterocycles. The highest BCUT2D eigenvalue weighted by molar-refractivity contribution is 9.10. The molecule has 1 atom stereocenters. The van der Waals surface area contributed by atoms with E-state index in [1.165, 1.54) is 15.6 Å². The van der Waals surface area contributed by atoms with Gasteiger partial charge in [-0.25, -0.2) is 8.42 Å². The second-order valence-corrected chi connectivity index (χ2v) is 7.43. The third-order valence-corrected chi connectivity index (χ3v) is 7.08. The summed E-state index contributed by atoms with van der Waals surface area (Å²) in [4.78, 5) is 0. The largest absolute Gasteiger partial charge is 0.383 e. The van der Waals surface area contributed by atoms with Crippen LogP contribution in [0.5, 0.6) is 0 Å². The van der Waals surface area contributed by atoms with Crippen molar-refractivity contribution in [2.45, 2.75) is 24.1 Å². The number of hydrogen-bond donors (Lipinski definition) is 0. The van der Waals surface area contributed by atoms with Gasteiger partial charge in [0, 0.05) is 24.2 Å². The summed E-state index contributed by atoms with van der Waals surface area (Å²) >= 11 is 4.48. The topological polar surface area (TPSA) is 46.6 Å². The molecular formula is C10H16BrNO3S2. The third-order valence-electron chi connectivity index (χ3n) is 2.34. The Kier molecular flexibility index (Phi) is 5.59. The van der Waals surface area contributed by atoms with E-state index in [4.69, 9.17) is 4.74 Å². The van der Waals surface area contributed by atoms with E-state index in [1.807, 2.05) is 13.8 Å². The first-order valence-electron chi connectivity index (χ1n) is 5.18. The quantitative estimate of drug-likeness (QED) is 0.798. The zero-order valence-corrected chi connectivity index (χ0v) is 13.2. The fraction of sp³-hybridized carbons (Fsp3) is 0.600. The Morgan fingerprint density at radius 3 is 2.65 bits per heavy atom. The Hall–Kier alpha value is 0.0500. The molecule has 0 amide bonds. The molecule has 0 aliphatic rings. The van der Waals surface area contributed by atoms with E-state index in [0.29, 0.717) is 21.8 Å². The Morgan fingerprint density at radius 1 is 1.59 bits per heavy atom. The first-order chi connectivity index (χ1) is 7.95. The van der Waals surface area contributed by atoms with Crippen LogP contribution >= 0.6 is 27.3 Å². The van der Waals surface area contributed by atoms with Gasteiger partial charge < -0.3 is 4.74 Å². The summed E-state index contributed by atoms with van der Waals surface area (Å²) in [5.74, 6) is 0. The minimum atomic E-state index is -3.43. The fourth-order valence-corrected chi connectivity index (χ4v) is 5.67. The summed E-state index contributed by atoms with van der Waals surface area (Å²) in [5, 5.41) is 1.76. The van der Waals surface area contributed by atoms with E-state index in [2.05, 4.69) is 15.9 Å². The van der Waals surface area contributed by atoms with E-state index < -0.39 is 10.0 Å². The average Bonchev–Trinajstić information content (AvgIpc) is 2.66. The van der Waals surface area contributed by atoms with Gasteiger partial charge in [-0.3, -0.25) is 0 Å². The van der Waals surface area contributed by atoms with E-state index in [9.17, 15) is 8.42 Å². The van der Waals surface area contributed by atoms with Crippen LogP contribution < -0.4 is 0 Å². The molecular weight excluding hydrogens is 326 g/mol. The maximum Gasteiger partial charge on any atom is 0.254 e. The number of hydrogen-bond acceptors (Lipinski definition) is 4. The first-order valence-corrected chi connectivity index (χ1v) is 8.30. The zero-order chi connectivity index (χ0) is 13.1. The molecule has 17 heavy (non-hydrogen) atoms. The van der Waals surface area contributed by atoms with Crippen LogP contribution in [-0.2, 0) is 14.8 Å². The van der Waals surface area contributed by atoms with Gasteiger partial charge in [0.1, 0.15) is 4.21 Å². The lowest BCUT2D eigenvalue weighted by Crippen LogP contribution is -2.40. The van der Waals surface area contributed by atoms with Crippen molar-refractivity contribution >= 4 is 37.3 Å². The molecule has 0 radical (unpaired) electrons. The van der Waals surface area contributed by atoms with E-state index in [1.54, 1.807) is 18.6 Å². The summed E-state index contributed by atoms with van der Waals surface area (Å²) in [5.41, 5.74) is 0. The SMILES string of the molecule is CCN(C(C)COC)S(=O)(=O)c1sccc1Br. The Bertz CT molecular complexity index is 458. The van der Waals surface area contributed by atoms with Crippen molar-refractivity contribution in [2.24, 2.45) is 0 Å². The van der Waals surface area contributed by atoms with E-state index in [0.717, 1.165) is 0 Å². The number of ether oxygens (including phenoxy) is 1. The number of thiophene rings is 1. The molecule has 0 fully saturated rings. The Morgan fingerprint density at radius 2 is 2.24 bits per heavy atom. The van der Waals surface area contributed by atoms with Crippen molar-refractivity contribution in [1.29, 1.82) is 0 Å². The number of methoxy groups -OCH3 is 1. The van der Waals surface area contributed by atoms with Gasteiger partial charge in [0.15, 0.2) is 0 Å². The molecule has 0 aromatic carbocycles. The molecule has 1 unspecified atom stereocenters. The van der Waals surface area contributed by atoms with Gasteiger partial charge in [0.2, 0.25) is 0 Å². The predicted molar refractivity (Wildman–Crippen MR) is 72.9 cm³/mol. The monoisotopic (exact) mass is 341 g/mol. The molecule has 0 saturated carbocycles. The minimum Gasteiger partial charge on any atom is -0.383 e. The molecule has 98 valence electrons. The third kappa shape index (κ3) is 3.29. The molecule has 0 N–H and O–H groups in total. The summed E-state index contributed by atoms with van der Waals surface area (Å²) in [6.45, 7) is 4.48. The normalized spacial score (nSPS) is 14.2. The van der Waals surface area contributed by atoms with Gasteiger partial charge >= 0.3 is 0 Å². The summed E-state index contributed by atoms with van der Waals surface area (Å²) in [7, 11) is -1.87. The van der Waals surface area contributed by atoms with Gasteiger partial charge in [0.25, 0.3) is 10.0 Å². The summed E-state index contributed by atoms with van der Waals surface area (Å²) in [6, 6.07) is 1.57. The zero-order valence-electron chi connectivity index (χ0n) is 10.0. The molecule has 0 saturated heterocycles. The van der Waals surface area contributed by atoms with Crippen molar-refractivity contribution in [3.63, 3.8) is 0 Å². The van der Waals surface area contributed by atoms with Crippen LogP contribution in [0.15, 0.2) is 20.1 Å². The van der Waals surface area contributed by atoms with Gasteiger partial charge in [-0.2, -0.15) is 4.31 Å². The number of rotatable bonds is 6. The smallest absolute Gasteiger partial charge is 0.254 e. The Labute approximate surface area is 115 Å². The number of likely N-dealkylation sites (N-methyl/N-ethyl adjacent to an activating group) is 1. The van der Waals surface area contributed by atoms with Crippen LogP contribution in [-0.4, -0.2) is 39.0 Å². The molecule has 7 heteroatoms. The van der Waals surface area contributed by atoms with Crippen molar-refractivity contribution in [3.05, 3.63) is 15.9 Å². The second kappa shape index (κ2) is 6.29. The number of sulfonamides is 1. The molecule has 4 nitrogen and oxygen atoms in total. The highest BCUT2D eigenvalue weighted by Crippen LogP contribution is 2.31. The van der Waals surface area contributed by atoms with Crippen molar-refractivity contribution in [1.82, 2.24) is 4.31 Å². The van der Waals surface area contributed by atoms with Crippen LogP contribution in [0.1, 0.15) is 13.8 Å². The van der Waals surface area contributed by atoms with Crippen molar-refractivity contribution in [2.75, 3.05) is 20.3 Å². The van der Waals surface area contributed by atoms with Crippen LogP contribution in [0, 0.1) is 0 Å². The molecule has 0 spiro atoms. The Balaban J connectivity index is 3.07. The van der Waals surface area contributed by atoms with E-state index in [-0.39, 0.29) is 6.04 Å². The maximum absolute atomic E-state index is 12.4. The lowest BCUT2D eigenvalue weighted by atomic mass is 10.4. The summed E-state index contributed by atoms with van der Waals surface area (Å²) in [6.07, 6.45) is 0. The van der Waals surface area contributed by atoms with E-state index >= 15 is 0 Å². The first kappa shape index (κ1) is 15.1. The van der Waals surface area contributed by atoms with Gasteiger partial charge in [-0.05, 0) is 34.3 Å². The second-order valence-electron chi connectivity index (χ2n) is 3.57. The van der Waals surface area contributed by atoms with Crippen molar-refractivity contribution < 1.29 is 13.2 Å². The molecule has 1 rings (SSSR count). The summed E-state index contributed by atoms with van der Waals surface area (Å²) < 4.78 is 32.3. The molecule has 0 bridgehead atoms. The van der Waals surface area contributed by atoms with Gasteiger partial charge in [0.05, 0.1) is 6.61 Å². The fourth-order valence-electron chi connectivity index (χ4n) is 1.61. The van der Waals surface area contributed by atoms with Crippen LogP contribution in [0.4, 0.5) is 0 Å². The molecule has 0 aliphatic heterocycles. The highest BCUT2D eigenvalue weighted by atomic mass is 79.9. The van der Waals surface area contributed by atoms with Crippen molar-refractivity contribution in [3.8, 4) is 0 Å². The highest BCUT2D eigenvalue weighted by Gasteiger charge is 2.30. The lowest BCUT2D eigenvalue weighted by Gasteiger charge is -2.26. The average molecular weight is 342 g/mol. The maximum atomic E-state index is 12.4.